The first kappa shape index (κ1) is 13.3. The minimum Gasteiger partial charge on any atom is -0.464 e. The van der Waals surface area contributed by atoms with Gasteiger partial charge in [0, 0.05) is 18.9 Å². The van der Waals surface area contributed by atoms with Crippen molar-refractivity contribution in [2.24, 2.45) is 5.92 Å². The standard InChI is InChI=1S/C14H21NO3/c1-3-11-8-10-15-9-6-5-7-12(16)14(11,15)13(17)18-4-2/h3,11H,1,4-10H2,2H3/t11-,14-/m1/s1. The lowest BCUT2D eigenvalue weighted by molar-refractivity contribution is -0.162. The Balaban J connectivity index is 2.43. The van der Waals surface area contributed by atoms with Crippen LogP contribution in [0, 0.1) is 5.92 Å². The summed E-state index contributed by atoms with van der Waals surface area (Å²) in [6.45, 7) is 7.47. The van der Waals surface area contributed by atoms with Crippen molar-refractivity contribution < 1.29 is 14.3 Å². The summed E-state index contributed by atoms with van der Waals surface area (Å²) in [7, 11) is 0. The van der Waals surface area contributed by atoms with Gasteiger partial charge in [-0.05, 0) is 32.7 Å². The number of hydrogen-bond acceptors (Lipinski definition) is 4. The predicted molar refractivity (Wildman–Crippen MR) is 68.1 cm³/mol. The van der Waals surface area contributed by atoms with Crippen LogP contribution in [0.5, 0.6) is 0 Å². The van der Waals surface area contributed by atoms with E-state index in [0.717, 1.165) is 32.4 Å². The van der Waals surface area contributed by atoms with E-state index in [1.165, 1.54) is 0 Å². The number of carbonyl (C=O) groups excluding carboxylic acids is 2. The highest BCUT2D eigenvalue weighted by Gasteiger charge is 2.59. The van der Waals surface area contributed by atoms with Crippen molar-refractivity contribution in [3.63, 3.8) is 0 Å². The maximum Gasteiger partial charge on any atom is 0.334 e. The normalized spacial score (nSPS) is 32.7. The van der Waals surface area contributed by atoms with Gasteiger partial charge in [0.15, 0.2) is 11.3 Å². The zero-order valence-corrected chi connectivity index (χ0v) is 11.0. The number of ether oxygens (including phenoxy) is 1. The lowest BCUT2D eigenvalue weighted by Crippen LogP contribution is -2.59. The molecule has 2 heterocycles. The number of nitrogens with zero attached hydrogens (tertiary/aromatic N) is 1. The molecule has 0 N–H and O–H groups in total. The average Bonchev–Trinajstić information content (AvgIpc) is 2.65. The lowest BCUT2D eigenvalue weighted by Gasteiger charge is -2.36. The second kappa shape index (κ2) is 5.22. The van der Waals surface area contributed by atoms with E-state index in [2.05, 4.69) is 6.58 Å². The number of esters is 1. The molecule has 0 saturated carbocycles. The largest absolute Gasteiger partial charge is 0.464 e. The van der Waals surface area contributed by atoms with E-state index >= 15 is 0 Å². The van der Waals surface area contributed by atoms with Gasteiger partial charge in [-0.15, -0.1) is 6.58 Å². The highest BCUT2D eigenvalue weighted by molar-refractivity contribution is 6.09. The third kappa shape index (κ3) is 1.79. The van der Waals surface area contributed by atoms with E-state index in [4.69, 9.17) is 4.74 Å². The first-order valence-corrected chi connectivity index (χ1v) is 6.76. The molecule has 0 radical (unpaired) electrons. The molecule has 2 aliphatic rings. The van der Waals surface area contributed by atoms with Crippen LogP contribution in [0.2, 0.25) is 0 Å². The molecule has 4 heteroatoms. The van der Waals surface area contributed by atoms with E-state index in [1.54, 1.807) is 13.0 Å². The van der Waals surface area contributed by atoms with E-state index in [1.807, 2.05) is 4.90 Å². The fourth-order valence-corrected chi connectivity index (χ4v) is 3.29. The van der Waals surface area contributed by atoms with Crippen LogP contribution in [0.3, 0.4) is 0 Å². The molecule has 0 aliphatic carbocycles. The third-order valence-corrected chi connectivity index (χ3v) is 4.12. The van der Waals surface area contributed by atoms with Gasteiger partial charge in [-0.3, -0.25) is 9.69 Å². The molecule has 0 bridgehead atoms. The molecule has 18 heavy (non-hydrogen) atoms. The van der Waals surface area contributed by atoms with Crippen molar-refractivity contribution in [2.75, 3.05) is 19.7 Å². The molecule has 2 fully saturated rings. The average molecular weight is 251 g/mol. The topological polar surface area (TPSA) is 46.6 Å². The van der Waals surface area contributed by atoms with Gasteiger partial charge in [-0.1, -0.05) is 6.08 Å². The highest BCUT2D eigenvalue weighted by atomic mass is 16.5. The molecule has 100 valence electrons. The Bertz CT molecular complexity index is 366. The van der Waals surface area contributed by atoms with E-state index in [0.29, 0.717) is 13.0 Å². The number of Topliss-reactive ketones (excluding diaryl/α,β-unsaturated/α-hetero) is 1. The molecule has 0 amide bonds. The quantitative estimate of drug-likeness (QED) is 0.434. The van der Waals surface area contributed by atoms with Crippen molar-refractivity contribution in [3.8, 4) is 0 Å². The van der Waals surface area contributed by atoms with Gasteiger partial charge in [0.2, 0.25) is 0 Å². The summed E-state index contributed by atoms with van der Waals surface area (Å²) >= 11 is 0. The van der Waals surface area contributed by atoms with Gasteiger partial charge >= 0.3 is 5.97 Å². The van der Waals surface area contributed by atoms with Crippen LogP contribution in [-0.2, 0) is 14.3 Å². The Morgan fingerprint density at radius 1 is 1.56 bits per heavy atom. The summed E-state index contributed by atoms with van der Waals surface area (Å²) in [5, 5.41) is 0. The van der Waals surface area contributed by atoms with Crippen LogP contribution < -0.4 is 0 Å². The van der Waals surface area contributed by atoms with E-state index in [-0.39, 0.29) is 17.7 Å². The fourth-order valence-electron chi connectivity index (χ4n) is 3.29. The molecule has 0 aromatic rings. The van der Waals surface area contributed by atoms with Crippen LogP contribution in [-0.4, -0.2) is 41.9 Å². The summed E-state index contributed by atoms with van der Waals surface area (Å²) < 4.78 is 5.19. The molecule has 2 atom stereocenters. The summed E-state index contributed by atoms with van der Waals surface area (Å²) in [4.78, 5) is 26.9. The monoisotopic (exact) mass is 251 g/mol. The smallest absolute Gasteiger partial charge is 0.334 e. The zero-order valence-electron chi connectivity index (χ0n) is 11.0. The molecule has 2 aliphatic heterocycles. The van der Waals surface area contributed by atoms with Crippen LogP contribution in [0.25, 0.3) is 0 Å². The minimum absolute atomic E-state index is 0.0147. The second-order valence-electron chi connectivity index (χ2n) is 4.99. The summed E-state index contributed by atoms with van der Waals surface area (Å²) in [5.74, 6) is -0.470. The van der Waals surface area contributed by atoms with Crippen LogP contribution in [0.4, 0.5) is 0 Å². The first-order valence-electron chi connectivity index (χ1n) is 6.76. The Hall–Kier alpha value is -1.16. The van der Waals surface area contributed by atoms with E-state index in [9.17, 15) is 9.59 Å². The summed E-state index contributed by atoms with van der Waals surface area (Å²) in [6, 6.07) is 0. The minimum atomic E-state index is -1.08. The maximum absolute atomic E-state index is 12.5. The molecule has 0 unspecified atom stereocenters. The molecular weight excluding hydrogens is 230 g/mol. The van der Waals surface area contributed by atoms with Gasteiger partial charge < -0.3 is 4.74 Å². The highest BCUT2D eigenvalue weighted by Crippen LogP contribution is 2.40. The molecule has 0 spiro atoms. The van der Waals surface area contributed by atoms with Gasteiger partial charge in [-0.25, -0.2) is 4.79 Å². The summed E-state index contributed by atoms with van der Waals surface area (Å²) in [5.41, 5.74) is -1.08. The number of ketones is 1. The summed E-state index contributed by atoms with van der Waals surface area (Å²) in [6.07, 6.45) is 4.87. The van der Waals surface area contributed by atoms with Crippen LogP contribution >= 0.6 is 0 Å². The molecular formula is C14H21NO3. The van der Waals surface area contributed by atoms with E-state index < -0.39 is 5.54 Å². The Kier molecular flexibility index (Phi) is 3.85. The van der Waals surface area contributed by atoms with Crippen molar-refractivity contribution in [3.05, 3.63) is 12.7 Å². The predicted octanol–water partition coefficient (Wildman–Crippen LogP) is 1.55. The lowest BCUT2D eigenvalue weighted by atomic mass is 9.80. The second-order valence-corrected chi connectivity index (χ2v) is 4.99. The Morgan fingerprint density at radius 3 is 3.00 bits per heavy atom. The van der Waals surface area contributed by atoms with Gasteiger partial charge in [0.05, 0.1) is 6.61 Å². The number of rotatable bonds is 3. The van der Waals surface area contributed by atoms with Crippen molar-refractivity contribution >= 4 is 11.8 Å². The van der Waals surface area contributed by atoms with Crippen LogP contribution in [0.1, 0.15) is 32.6 Å². The molecule has 2 rings (SSSR count). The third-order valence-electron chi connectivity index (χ3n) is 4.12. The molecule has 0 aromatic carbocycles. The maximum atomic E-state index is 12.5. The first-order chi connectivity index (χ1) is 8.67. The number of carbonyl (C=O) groups is 2. The fraction of sp³-hybridized carbons (Fsp3) is 0.714. The van der Waals surface area contributed by atoms with Crippen molar-refractivity contribution in [1.29, 1.82) is 0 Å². The Morgan fingerprint density at radius 2 is 2.33 bits per heavy atom. The van der Waals surface area contributed by atoms with Gasteiger partial charge in [0.1, 0.15) is 0 Å². The molecule has 0 aromatic heterocycles. The SMILES string of the molecule is C=C[C@@H]1CCN2CCCCC(=O)[C@@]12C(=O)OCC. The number of hydrogen-bond donors (Lipinski definition) is 0. The van der Waals surface area contributed by atoms with Crippen molar-refractivity contribution in [2.45, 2.75) is 38.1 Å². The molecule has 4 nitrogen and oxygen atoms in total. The van der Waals surface area contributed by atoms with Crippen LogP contribution in [0.15, 0.2) is 12.7 Å². The molecule has 2 saturated heterocycles. The van der Waals surface area contributed by atoms with Crippen molar-refractivity contribution in [1.82, 2.24) is 4.90 Å². The Labute approximate surface area is 108 Å². The van der Waals surface area contributed by atoms with Gasteiger partial charge in [-0.2, -0.15) is 0 Å². The van der Waals surface area contributed by atoms with Gasteiger partial charge in [0.25, 0.3) is 0 Å². The zero-order chi connectivity index (χ0) is 13.2. The number of fused-ring (bicyclic) bond motifs is 1.